The van der Waals surface area contributed by atoms with Gasteiger partial charge in [-0.1, -0.05) is 29.8 Å². The first-order valence-electron chi connectivity index (χ1n) is 16.6. The molecule has 1 amide bonds. The third kappa shape index (κ3) is 6.75. The van der Waals surface area contributed by atoms with Crippen LogP contribution in [0.4, 0.5) is 5.69 Å². The first-order valence-corrected chi connectivity index (χ1v) is 18.4. The van der Waals surface area contributed by atoms with Crippen molar-refractivity contribution in [3.8, 4) is 5.75 Å². The lowest BCUT2D eigenvalue weighted by Crippen LogP contribution is -2.49. The highest BCUT2D eigenvalue weighted by molar-refractivity contribution is 7.87. The Morgan fingerprint density at radius 2 is 2.02 bits per heavy atom. The van der Waals surface area contributed by atoms with E-state index in [0.29, 0.717) is 44.3 Å². The number of amides is 1. The van der Waals surface area contributed by atoms with Crippen LogP contribution in [-0.2, 0) is 22.0 Å². The normalized spacial score (nSPS) is 25.3. The molecule has 248 valence electrons. The highest BCUT2D eigenvalue weighted by atomic mass is 35.5. The molecule has 2 saturated carbocycles. The Morgan fingerprint density at radius 3 is 2.72 bits per heavy atom. The molecular formula is C36H46ClN3O5S. The maximum Gasteiger partial charge on any atom is 0.304 e. The van der Waals surface area contributed by atoms with Gasteiger partial charge in [0.2, 0.25) is 0 Å². The number of benzene rings is 2. The predicted molar refractivity (Wildman–Crippen MR) is 183 cm³/mol. The first-order chi connectivity index (χ1) is 22.0. The van der Waals surface area contributed by atoms with Gasteiger partial charge >= 0.3 is 10.2 Å². The lowest BCUT2D eigenvalue weighted by molar-refractivity contribution is 0.0460. The minimum absolute atomic E-state index is 0.116. The third-order valence-corrected chi connectivity index (χ3v) is 12.4. The van der Waals surface area contributed by atoms with Gasteiger partial charge in [-0.3, -0.25) is 4.79 Å². The lowest BCUT2D eigenvalue weighted by Gasteiger charge is -2.45. The van der Waals surface area contributed by atoms with E-state index in [1.54, 1.807) is 30.4 Å². The van der Waals surface area contributed by atoms with Crippen molar-refractivity contribution < 1.29 is 23.1 Å². The summed E-state index contributed by atoms with van der Waals surface area (Å²) in [6.07, 6.45) is 10.1. The number of carbonyl (C=O) groups excluding carboxylic acids is 1. The van der Waals surface area contributed by atoms with Gasteiger partial charge in [-0.15, -0.1) is 13.2 Å². The molecule has 0 saturated heterocycles. The fourth-order valence-corrected chi connectivity index (χ4v) is 9.28. The summed E-state index contributed by atoms with van der Waals surface area (Å²) in [5, 5.41) is 11.4. The van der Waals surface area contributed by atoms with Gasteiger partial charge in [0.1, 0.15) is 5.75 Å². The van der Waals surface area contributed by atoms with Gasteiger partial charge in [-0.25, -0.2) is 4.72 Å². The summed E-state index contributed by atoms with van der Waals surface area (Å²) in [6, 6.07) is 11.0. The first kappa shape index (κ1) is 33.1. The van der Waals surface area contributed by atoms with Crippen LogP contribution in [0.3, 0.4) is 0 Å². The smallest absolute Gasteiger partial charge is 0.304 e. The number of ether oxygens (including phenoxy) is 1. The molecule has 0 unspecified atom stereocenters. The summed E-state index contributed by atoms with van der Waals surface area (Å²) in [5.41, 5.74) is 3.21. The Bertz CT molecular complexity index is 1590. The van der Waals surface area contributed by atoms with Crippen LogP contribution in [0.2, 0.25) is 5.02 Å². The number of fused-ring (bicyclic) bond motifs is 3. The second-order valence-corrected chi connectivity index (χ2v) is 15.9. The minimum Gasteiger partial charge on any atom is -0.490 e. The van der Waals surface area contributed by atoms with Crippen molar-refractivity contribution in [3.05, 3.63) is 83.4 Å². The summed E-state index contributed by atoms with van der Waals surface area (Å²) in [5.74, 6) is 0.664. The van der Waals surface area contributed by atoms with Crippen molar-refractivity contribution in [2.75, 3.05) is 31.1 Å². The van der Waals surface area contributed by atoms with Crippen LogP contribution in [0.1, 0.15) is 73.4 Å². The molecule has 2 N–H and O–H groups in total. The molecule has 4 aliphatic rings. The monoisotopic (exact) mass is 667 g/mol. The van der Waals surface area contributed by atoms with Crippen molar-refractivity contribution in [2.45, 2.75) is 75.9 Å². The fraction of sp³-hybridized carbons (Fsp3) is 0.528. The largest absolute Gasteiger partial charge is 0.490 e. The maximum absolute atomic E-state index is 13.6. The molecule has 0 bridgehead atoms. The standard InChI is InChI=1S/C36H46ClN3O5S/c1-4-7-24(3)40(20-25-9-10-25)46(43,44)38-35(42)27-12-16-34-32(19-27)39(21-28-11-14-30(28)33(41)5-2)22-36(23-45-34)17-6-8-26-18-29(37)13-15-31(26)36/h4-5,12-13,15-16,18-19,24-25,28,30,33,41H,1-2,6-11,14,17,20-23H2,3H3,(H,38,42)/t24-,28-,30+,33-,36-/m0/s1. The van der Waals surface area contributed by atoms with E-state index in [4.69, 9.17) is 16.3 Å². The van der Waals surface area contributed by atoms with Gasteiger partial charge in [0, 0.05) is 41.7 Å². The maximum atomic E-state index is 13.6. The van der Waals surface area contributed by atoms with E-state index in [2.05, 4.69) is 34.9 Å². The highest BCUT2D eigenvalue weighted by Gasteiger charge is 2.44. The van der Waals surface area contributed by atoms with Crippen molar-refractivity contribution in [1.29, 1.82) is 0 Å². The number of aryl methyl sites for hydroxylation is 1. The molecule has 10 heteroatoms. The van der Waals surface area contributed by atoms with Gasteiger partial charge < -0.3 is 14.7 Å². The number of anilines is 1. The molecule has 2 aromatic carbocycles. The van der Waals surface area contributed by atoms with Crippen LogP contribution in [0, 0.1) is 17.8 Å². The summed E-state index contributed by atoms with van der Waals surface area (Å²) in [6.45, 7) is 11.6. The molecule has 1 aliphatic heterocycles. The van der Waals surface area contributed by atoms with E-state index in [0.717, 1.165) is 55.7 Å². The fourth-order valence-electron chi connectivity index (χ4n) is 7.65. The van der Waals surface area contributed by atoms with Gasteiger partial charge in [-0.2, -0.15) is 12.7 Å². The van der Waals surface area contributed by atoms with Crippen molar-refractivity contribution in [1.82, 2.24) is 9.03 Å². The van der Waals surface area contributed by atoms with Crippen LogP contribution in [-0.4, -0.2) is 62.1 Å². The number of hydrogen-bond donors (Lipinski definition) is 2. The third-order valence-electron chi connectivity index (χ3n) is 10.6. The zero-order valence-electron chi connectivity index (χ0n) is 26.7. The Balaban J connectivity index is 1.32. The molecule has 2 fully saturated rings. The van der Waals surface area contributed by atoms with Gasteiger partial charge in [-0.05, 0) is 118 Å². The number of aliphatic hydroxyl groups excluding tert-OH is 1. The number of carbonyl (C=O) groups is 1. The molecule has 0 radical (unpaired) electrons. The zero-order chi connectivity index (χ0) is 32.6. The summed E-state index contributed by atoms with van der Waals surface area (Å²) >= 11 is 6.40. The average molecular weight is 668 g/mol. The molecule has 1 spiro atoms. The number of rotatable bonds is 12. The van der Waals surface area contributed by atoms with Crippen molar-refractivity contribution >= 4 is 33.4 Å². The molecule has 1 heterocycles. The predicted octanol–water partition coefficient (Wildman–Crippen LogP) is 6.04. The van der Waals surface area contributed by atoms with Crippen LogP contribution in [0.25, 0.3) is 0 Å². The van der Waals surface area contributed by atoms with E-state index >= 15 is 0 Å². The summed E-state index contributed by atoms with van der Waals surface area (Å²) in [4.78, 5) is 15.9. The lowest BCUT2D eigenvalue weighted by atomic mass is 9.68. The molecule has 5 atom stereocenters. The molecule has 2 aromatic rings. The van der Waals surface area contributed by atoms with Crippen molar-refractivity contribution in [3.63, 3.8) is 0 Å². The Hall–Kier alpha value is -2.85. The van der Waals surface area contributed by atoms with E-state index in [-0.39, 0.29) is 28.9 Å². The summed E-state index contributed by atoms with van der Waals surface area (Å²) in [7, 11) is -4.09. The van der Waals surface area contributed by atoms with Crippen LogP contribution in [0.5, 0.6) is 5.75 Å². The number of aliphatic hydroxyl groups is 1. The number of nitrogens with zero attached hydrogens (tertiary/aromatic N) is 2. The van der Waals surface area contributed by atoms with E-state index in [9.17, 15) is 18.3 Å². The van der Waals surface area contributed by atoms with Gasteiger partial charge in [0.25, 0.3) is 5.91 Å². The molecule has 6 rings (SSSR count). The molecule has 46 heavy (non-hydrogen) atoms. The second kappa shape index (κ2) is 13.3. The van der Waals surface area contributed by atoms with E-state index in [1.807, 2.05) is 13.0 Å². The molecule has 0 aromatic heterocycles. The Morgan fingerprint density at radius 1 is 1.22 bits per heavy atom. The van der Waals surface area contributed by atoms with Crippen LogP contribution in [0.15, 0.2) is 61.7 Å². The number of nitrogens with one attached hydrogen (secondary N) is 1. The topological polar surface area (TPSA) is 99.2 Å². The Kier molecular flexibility index (Phi) is 9.59. The van der Waals surface area contributed by atoms with Crippen LogP contribution >= 0.6 is 11.6 Å². The summed E-state index contributed by atoms with van der Waals surface area (Å²) < 4.78 is 37.4. The zero-order valence-corrected chi connectivity index (χ0v) is 28.2. The van der Waals surface area contributed by atoms with Crippen LogP contribution < -0.4 is 14.4 Å². The quantitative estimate of drug-likeness (QED) is 0.268. The number of halogens is 1. The SMILES string of the molecule is C=CC[C@H](C)N(CC1CC1)S(=O)(=O)NC(=O)c1ccc2c(c1)N(C[C@@H]1CC[C@H]1[C@@H](O)C=C)C[C@@]1(CCCc3cc(Cl)ccc31)CO2. The second-order valence-electron chi connectivity index (χ2n) is 13.8. The number of hydrogen-bond acceptors (Lipinski definition) is 6. The molecule has 8 nitrogen and oxygen atoms in total. The van der Waals surface area contributed by atoms with Crippen molar-refractivity contribution in [2.24, 2.45) is 17.8 Å². The highest BCUT2D eigenvalue weighted by Crippen LogP contribution is 2.46. The molecular weight excluding hydrogens is 622 g/mol. The van der Waals surface area contributed by atoms with E-state index < -0.39 is 22.2 Å². The minimum atomic E-state index is -4.09. The molecule has 3 aliphatic carbocycles. The Labute approximate surface area is 278 Å². The van der Waals surface area contributed by atoms with Gasteiger partial charge in [0.15, 0.2) is 0 Å². The van der Waals surface area contributed by atoms with Gasteiger partial charge in [0.05, 0.1) is 18.4 Å². The van der Waals surface area contributed by atoms with E-state index in [1.165, 1.54) is 15.4 Å². The average Bonchev–Trinajstić information content (AvgIpc) is 3.85.